The summed E-state index contributed by atoms with van der Waals surface area (Å²) in [6.07, 6.45) is 13.3. The predicted molar refractivity (Wildman–Crippen MR) is 123 cm³/mol. The minimum atomic E-state index is -1.56. The van der Waals surface area contributed by atoms with Crippen molar-refractivity contribution in [2.45, 2.75) is 63.0 Å². The van der Waals surface area contributed by atoms with Crippen molar-refractivity contribution in [3.8, 4) is 0 Å². The number of carbonyl (C=O) groups is 1. The summed E-state index contributed by atoms with van der Waals surface area (Å²) in [5.74, 6) is -0.570. The quantitative estimate of drug-likeness (QED) is 0.503. The third kappa shape index (κ3) is 4.86. The van der Waals surface area contributed by atoms with E-state index >= 15 is 0 Å². The van der Waals surface area contributed by atoms with E-state index in [0.717, 1.165) is 68.1 Å². The highest BCUT2D eigenvalue weighted by atomic mass is 16.6. The van der Waals surface area contributed by atoms with Crippen molar-refractivity contribution >= 4 is 5.97 Å². The van der Waals surface area contributed by atoms with E-state index in [9.17, 15) is 9.90 Å². The number of nitrogens with zero attached hydrogens (tertiary/aromatic N) is 3. The maximum absolute atomic E-state index is 13.4. The summed E-state index contributed by atoms with van der Waals surface area (Å²) < 4.78 is 6.79. The van der Waals surface area contributed by atoms with E-state index in [1.54, 1.807) is 6.33 Å². The molecule has 1 saturated carbocycles. The zero-order valence-electron chi connectivity index (χ0n) is 19.2. The van der Waals surface area contributed by atoms with Crippen molar-refractivity contribution in [2.75, 3.05) is 26.7 Å². The molecular weight excluding hydrogens is 402 g/mol. The number of hydrogen-bond donors (Lipinski definition) is 1. The molecule has 0 amide bonds. The highest BCUT2D eigenvalue weighted by molar-refractivity contribution is 5.81. The van der Waals surface area contributed by atoms with Gasteiger partial charge in [0.05, 0.1) is 20.1 Å². The lowest BCUT2D eigenvalue weighted by molar-refractivity contribution is -0.921. The highest BCUT2D eigenvalue weighted by Crippen LogP contribution is 2.40. The fraction of sp³-hybridized carbons (Fsp3) is 0.577. The van der Waals surface area contributed by atoms with Crippen LogP contribution in [0.15, 0.2) is 49.1 Å². The normalized spacial score (nSPS) is 25.9. The van der Waals surface area contributed by atoms with Crippen LogP contribution in [0.3, 0.4) is 0 Å². The van der Waals surface area contributed by atoms with Crippen molar-refractivity contribution in [3.63, 3.8) is 0 Å². The Morgan fingerprint density at radius 1 is 1.09 bits per heavy atom. The fourth-order valence-electron chi connectivity index (χ4n) is 5.60. The zero-order chi connectivity index (χ0) is 22.4. The number of aliphatic hydroxyl groups is 1. The van der Waals surface area contributed by atoms with E-state index in [0.29, 0.717) is 12.2 Å². The van der Waals surface area contributed by atoms with Gasteiger partial charge in [-0.3, -0.25) is 0 Å². The van der Waals surface area contributed by atoms with Crippen LogP contribution in [0, 0.1) is 5.92 Å². The predicted octanol–water partition coefficient (Wildman–Crippen LogP) is 3.64. The van der Waals surface area contributed by atoms with Gasteiger partial charge in [-0.05, 0) is 24.0 Å². The summed E-state index contributed by atoms with van der Waals surface area (Å²) in [5, 5.41) is 11.7. The summed E-state index contributed by atoms with van der Waals surface area (Å²) in [4.78, 5) is 21.6. The van der Waals surface area contributed by atoms with Crippen LogP contribution in [0.1, 0.15) is 56.1 Å². The molecule has 1 N–H and O–H groups in total. The Balaban J connectivity index is 1.44. The molecule has 2 fully saturated rings. The number of esters is 1. The average molecular weight is 439 g/mol. The molecule has 32 heavy (non-hydrogen) atoms. The SMILES string of the molecule is C[N+]1(CCc2cncnc2)CCC[C@@H]1COC(=O)C(O)(c1ccccc1)C1CCCCC1. The molecule has 2 aromatic rings. The van der Waals surface area contributed by atoms with E-state index < -0.39 is 11.6 Å². The minimum Gasteiger partial charge on any atom is -0.457 e. The van der Waals surface area contributed by atoms with Crippen LogP contribution >= 0.6 is 0 Å². The number of benzene rings is 1. The van der Waals surface area contributed by atoms with Gasteiger partial charge in [0.15, 0.2) is 5.60 Å². The second-order valence-electron chi connectivity index (χ2n) is 9.79. The molecule has 2 unspecified atom stereocenters. The molecule has 3 atom stereocenters. The summed E-state index contributed by atoms with van der Waals surface area (Å²) in [6, 6.07) is 9.63. The highest BCUT2D eigenvalue weighted by Gasteiger charge is 2.48. The van der Waals surface area contributed by atoms with Crippen LogP contribution in [-0.2, 0) is 21.6 Å². The van der Waals surface area contributed by atoms with E-state index in [-0.39, 0.29) is 12.0 Å². The first-order chi connectivity index (χ1) is 15.5. The molecule has 1 aromatic heterocycles. The molecule has 6 heteroatoms. The van der Waals surface area contributed by atoms with Crippen LogP contribution in [-0.4, -0.2) is 58.3 Å². The molecule has 4 rings (SSSR count). The zero-order valence-corrected chi connectivity index (χ0v) is 19.2. The fourth-order valence-corrected chi connectivity index (χ4v) is 5.60. The topological polar surface area (TPSA) is 72.3 Å². The van der Waals surface area contributed by atoms with E-state index in [2.05, 4.69) is 17.0 Å². The molecule has 0 spiro atoms. The number of likely N-dealkylation sites (N-methyl/N-ethyl adjacent to an activating group) is 1. The number of quaternary nitrogens is 1. The van der Waals surface area contributed by atoms with Crippen LogP contribution in [0.5, 0.6) is 0 Å². The number of aromatic nitrogens is 2. The van der Waals surface area contributed by atoms with Crippen LogP contribution in [0.25, 0.3) is 0 Å². The molecule has 1 aliphatic heterocycles. The number of likely N-dealkylation sites (tertiary alicyclic amines) is 1. The second-order valence-corrected chi connectivity index (χ2v) is 9.79. The van der Waals surface area contributed by atoms with E-state index in [1.807, 2.05) is 42.7 Å². The van der Waals surface area contributed by atoms with Crippen LogP contribution in [0.2, 0.25) is 0 Å². The number of rotatable bonds is 8. The van der Waals surface area contributed by atoms with Gasteiger partial charge in [-0.15, -0.1) is 0 Å². The summed E-state index contributed by atoms with van der Waals surface area (Å²) in [7, 11) is 2.25. The first-order valence-electron chi connectivity index (χ1n) is 12.1. The van der Waals surface area contributed by atoms with Crippen LogP contribution in [0.4, 0.5) is 0 Å². The van der Waals surface area contributed by atoms with E-state index in [1.165, 1.54) is 6.42 Å². The maximum atomic E-state index is 13.4. The van der Waals surface area contributed by atoms with Crippen molar-refractivity contribution in [2.24, 2.45) is 5.92 Å². The molecule has 0 radical (unpaired) electrons. The number of ether oxygens (including phenoxy) is 1. The van der Waals surface area contributed by atoms with Gasteiger partial charge in [-0.1, -0.05) is 49.6 Å². The molecule has 6 nitrogen and oxygen atoms in total. The third-order valence-corrected chi connectivity index (χ3v) is 7.74. The lowest BCUT2D eigenvalue weighted by Crippen LogP contribution is -2.52. The molecule has 1 aromatic carbocycles. The smallest absolute Gasteiger partial charge is 0.343 e. The van der Waals surface area contributed by atoms with Gasteiger partial charge in [0.1, 0.15) is 19.0 Å². The lowest BCUT2D eigenvalue weighted by atomic mass is 9.73. The Hall–Kier alpha value is -2.31. The summed E-state index contributed by atoms with van der Waals surface area (Å²) in [5.41, 5.74) is 0.223. The van der Waals surface area contributed by atoms with Gasteiger partial charge in [0.2, 0.25) is 0 Å². The summed E-state index contributed by atoms with van der Waals surface area (Å²) >= 11 is 0. The van der Waals surface area contributed by atoms with Crippen LogP contribution < -0.4 is 0 Å². The van der Waals surface area contributed by atoms with E-state index in [4.69, 9.17) is 4.74 Å². The van der Waals surface area contributed by atoms with Gasteiger partial charge in [-0.2, -0.15) is 0 Å². The molecule has 1 aliphatic carbocycles. The lowest BCUT2D eigenvalue weighted by Gasteiger charge is -2.39. The summed E-state index contributed by atoms with van der Waals surface area (Å²) in [6.45, 7) is 2.38. The Kier molecular flexibility index (Phi) is 7.21. The average Bonchev–Trinajstić information content (AvgIpc) is 3.23. The molecule has 172 valence electrons. The number of carbonyl (C=O) groups excluding carboxylic acids is 1. The Morgan fingerprint density at radius 2 is 1.81 bits per heavy atom. The van der Waals surface area contributed by atoms with Crippen molar-refractivity contribution in [1.82, 2.24) is 9.97 Å². The van der Waals surface area contributed by atoms with Crippen molar-refractivity contribution in [1.29, 1.82) is 0 Å². The van der Waals surface area contributed by atoms with Gasteiger partial charge in [0, 0.05) is 37.6 Å². The second kappa shape index (κ2) is 10.1. The van der Waals surface area contributed by atoms with Gasteiger partial charge in [-0.25, -0.2) is 14.8 Å². The first-order valence-corrected chi connectivity index (χ1v) is 12.1. The molecular formula is C26H36N3O3+. The molecule has 2 heterocycles. The maximum Gasteiger partial charge on any atom is 0.343 e. The van der Waals surface area contributed by atoms with Crippen molar-refractivity contribution in [3.05, 3.63) is 60.2 Å². The minimum absolute atomic E-state index is 0.0892. The Labute approximate surface area is 191 Å². The molecule has 0 bridgehead atoms. The van der Waals surface area contributed by atoms with Crippen molar-refractivity contribution < 1.29 is 19.1 Å². The van der Waals surface area contributed by atoms with Gasteiger partial charge >= 0.3 is 5.97 Å². The van der Waals surface area contributed by atoms with Gasteiger partial charge < -0.3 is 14.3 Å². The molecule has 1 saturated heterocycles. The number of hydrogen-bond acceptors (Lipinski definition) is 5. The standard InChI is InChI=1S/C26H36N3O3/c1-29(16-14-21-17-27-20-28-18-21)15-8-13-24(29)19-32-25(30)26(31,22-9-4-2-5-10-22)23-11-6-3-7-12-23/h2,4-5,9-10,17-18,20,23-24,31H,3,6-8,11-16,19H2,1H3/q+1/t24-,26?,29?/m1/s1. The van der Waals surface area contributed by atoms with Gasteiger partial charge in [0.25, 0.3) is 0 Å². The Morgan fingerprint density at radius 3 is 2.53 bits per heavy atom. The largest absolute Gasteiger partial charge is 0.457 e. The third-order valence-electron chi connectivity index (χ3n) is 7.74. The Bertz CT molecular complexity index is 872. The monoisotopic (exact) mass is 438 g/mol. The molecule has 2 aliphatic rings. The first kappa shape index (κ1) is 22.9.